The lowest BCUT2D eigenvalue weighted by molar-refractivity contribution is 0.145. The smallest absolute Gasteiger partial charge is 0.172 e. The molecule has 2 aliphatic heterocycles. The number of benzene rings is 2. The average molecular weight is 418 g/mol. The molecule has 162 valence electrons. The maximum atomic E-state index is 6.76. The molecule has 31 heavy (non-hydrogen) atoms. The van der Waals surface area contributed by atoms with Gasteiger partial charge in [-0.25, -0.2) is 0 Å². The van der Waals surface area contributed by atoms with E-state index < -0.39 is 0 Å². The van der Waals surface area contributed by atoms with Gasteiger partial charge in [0.25, 0.3) is 0 Å². The molecule has 2 heterocycles. The van der Waals surface area contributed by atoms with Gasteiger partial charge in [0, 0.05) is 22.7 Å². The monoisotopic (exact) mass is 417 g/mol. The van der Waals surface area contributed by atoms with Crippen LogP contribution in [0.3, 0.4) is 0 Å². The molecule has 1 N–H and O–H groups in total. The molecule has 2 aromatic carbocycles. The highest BCUT2D eigenvalue weighted by Gasteiger charge is 2.38. The largest absolute Gasteiger partial charge is 0.493 e. The normalized spacial score (nSPS) is 22.8. The maximum Gasteiger partial charge on any atom is 0.172 e. The summed E-state index contributed by atoms with van der Waals surface area (Å²) in [5.41, 5.74) is 7.04. The van der Waals surface area contributed by atoms with E-state index in [4.69, 9.17) is 14.2 Å². The summed E-state index contributed by atoms with van der Waals surface area (Å²) in [6, 6.07) is 8.37. The zero-order valence-electron chi connectivity index (χ0n) is 19.0. The summed E-state index contributed by atoms with van der Waals surface area (Å²) < 4.78 is 18.2. The van der Waals surface area contributed by atoms with Gasteiger partial charge >= 0.3 is 0 Å². The van der Waals surface area contributed by atoms with E-state index >= 15 is 0 Å². The van der Waals surface area contributed by atoms with Crippen LogP contribution in [0.2, 0.25) is 0 Å². The van der Waals surface area contributed by atoms with Crippen molar-refractivity contribution in [1.82, 2.24) is 0 Å². The Morgan fingerprint density at radius 1 is 1.06 bits per heavy atom. The number of fused-ring (bicyclic) bond motifs is 5. The first-order valence-electron chi connectivity index (χ1n) is 11.2. The zero-order valence-corrected chi connectivity index (χ0v) is 19.0. The van der Waals surface area contributed by atoms with Gasteiger partial charge in [-0.3, -0.25) is 0 Å². The second kappa shape index (κ2) is 7.37. The van der Waals surface area contributed by atoms with Gasteiger partial charge in [-0.05, 0) is 69.4 Å². The van der Waals surface area contributed by atoms with E-state index in [1.807, 2.05) is 12.1 Å². The van der Waals surface area contributed by atoms with Crippen molar-refractivity contribution < 1.29 is 14.2 Å². The predicted octanol–water partition coefficient (Wildman–Crippen LogP) is 6.77. The number of anilines is 1. The number of hydrogen-bond acceptors (Lipinski definition) is 4. The molecule has 0 bridgehead atoms. The van der Waals surface area contributed by atoms with Crippen LogP contribution in [0.5, 0.6) is 17.2 Å². The quantitative estimate of drug-likeness (QED) is 0.560. The van der Waals surface area contributed by atoms with Gasteiger partial charge in [-0.15, -0.1) is 0 Å². The van der Waals surface area contributed by atoms with Crippen LogP contribution >= 0.6 is 0 Å². The summed E-state index contributed by atoms with van der Waals surface area (Å²) in [6.07, 6.45) is 10.4. The Kier molecular flexibility index (Phi) is 4.76. The number of ether oxygens (including phenoxy) is 3. The molecular weight excluding hydrogens is 386 g/mol. The van der Waals surface area contributed by atoms with E-state index in [9.17, 15) is 0 Å². The molecule has 2 aromatic rings. The second-order valence-electron chi connectivity index (χ2n) is 9.36. The van der Waals surface area contributed by atoms with Crippen molar-refractivity contribution in [3.63, 3.8) is 0 Å². The number of methoxy groups -OCH3 is 2. The van der Waals surface area contributed by atoms with Crippen molar-refractivity contribution >= 4 is 11.3 Å². The highest BCUT2D eigenvalue weighted by atomic mass is 16.5. The Hall–Kier alpha value is -2.88. The molecule has 1 aliphatic carbocycles. The second-order valence-corrected chi connectivity index (χ2v) is 9.36. The highest BCUT2D eigenvalue weighted by Crippen LogP contribution is 2.56. The minimum absolute atomic E-state index is 0.0292. The van der Waals surface area contributed by atoms with Gasteiger partial charge in [0.1, 0.15) is 11.9 Å². The lowest BCUT2D eigenvalue weighted by atomic mass is 9.77. The van der Waals surface area contributed by atoms with Gasteiger partial charge in [0.15, 0.2) is 11.5 Å². The third-order valence-electron chi connectivity index (χ3n) is 6.67. The van der Waals surface area contributed by atoms with Crippen LogP contribution in [0.1, 0.15) is 57.3 Å². The molecule has 0 saturated carbocycles. The molecule has 0 spiro atoms. The predicted molar refractivity (Wildman–Crippen MR) is 126 cm³/mol. The Labute approximate surface area is 184 Å². The molecule has 4 nitrogen and oxygen atoms in total. The Morgan fingerprint density at radius 3 is 2.61 bits per heavy atom. The summed E-state index contributed by atoms with van der Waals surface area (Å²) in [5, 5.41) is 3.71. The molecule has 0 fully saturated rings. The lowest BCUT2D eigenvalue weighted by Gasteiger charge is -2.39. The molecule has 5 rings (SSSR count). The van der Waals surface area contributed by atoms with Gasteiger partial charge in [0.05, 0.1) is 25.3 Å². The topological polar surface area (TPSA) is 39.7 Å². The Balaban J connectivity index is 1.80. The van der Waals surface area contributed by atoms with Crippen LogP contribution in [-0.2, 0) is 0 Å². The Morgan fingerprint density at radius 2 is 1.90 bits per heavy atom. The van der Waals surface area contributed by atoms with E-state index in [-0.39, 0.29) is 11.6 Å². The van der Waals surface area contributed by atoms with E-state index in [0.717, 1.165) is 35.7 Å². The van der Waals surface area contributed by atoms with Crippen LogP contribution in [0.25, 0.3) is 16.7 Å². The number of rotatable bonds is 3. The number of nitrogens with one attached hydrogen (secondary N) is 1. The van der Waals surface area contributed by atoms with Gasteiger partial charge in [-0.1, -0.05) is 24.3 Å². The fourth-order valence-corrected chi connectivity index (χ4v) is 5.51. The van der Waals surface area contributed by atoms with Crippen molar-refractivity contribution in [1.29, 1.82) is 0 Å². The molecule has 2 atom stereocenters. The van der Waals surface area contributed by atoms with E-state index in [0.29, 0.717) is 5.92 Å². The van der Waals surface area contributed by atoms with E-state index in [1.54, 1.807) is 14.2 Å². The van der Waals surface area contributed by atoms with Crippen molar-refractivity contribution in [3.8, 4) is 28.4 Å². The third-order valence-corrected chi connectivity index (χ3v) is 6.67. The highest BCUT2D eigenvalue weighted by molar-refractivity contribution is 5.92. The summed E-state index contributed by atoms with van der Waals surface area (Å²) in [6.45, 7) is 6.63. The molecule has 2 unspecified atom stereocenters. The Bertz CT molecular complexity index is 1100. The molecule has 0 amide bonds. The molecule has 3 aliphatic rings. The van der Waals surface area contributed by atoms with Crippen LogP contribution in [0, 0.1) is 5.92 Å². The average Bonchev–Trinajstić information content (AvgIpc) is 2.76. The summed E-state index contributed by atoms with van der Waals surface area (Å²) in [4.78, 5) is 0. The lowest BCUT2D eigenvalue weighted by Crippen LogP contribution is -2.33. The van der Waals surface area contributed by atoms with E-state index in [1.165, 1.54) is 34.4 Å². The van der Waals surface area contributed by atoms with Crippen molar-refractivity contribution in [2.75, 3.05) is 19.5 Å². The minimum Gasteiger partial charge on any atom is -0.493 e. The maximum absolute atomic E-state index is 6.76. The zero-order chi connectivity index (χ0) is 21.8. The van der Waals surface area contributed by atoms with Gasteiger partial charge in [0.2, 0.25) is 0 Å². The first-order chi connectivity index (χ1) is 14.9. The fraction of sp³-hybridized carbons (Fsp3) is 0.407. The first kappa shape index (κ1) is 20.0. The first-order valence-corrected chi connectivity index (χ1v) is 11.2. The molecule has 0 radical (unpaired) electrons. The van der Waals surface area contributed by atoms with Crippen LogP contribution in [0.4, 0.5) is 5.69 Å². The molecule has 4 heteroatoms. The third kappa shape index (κ3) is 3.20. The summed E-state index contributed by atoms with van der Waals surface area (Å²) in [7, 11) is 3.37. The van der Waals surface area contributed by atoms with E-state index in [2.05, 4.69) is 56.4 Å². The van der Waals surface area contributed by atoms with Gasteiger partial charge < -0.3 is 19.5 Å². The van der Waals surface area contributed by atoms with Crippen molar-refractivity contribution in [2.45, 2.75) is 51.7 Å². The van der Waals surface area contributed by atoms with Crippen LogP contribution < -0.4 is 19.5 Å². The number of allylic oxidation sites excluding steroid dienone is 2. The molecular formula is C27H31NO3. The van der Waals surface area contributed by atoms with Crippen LogP contribution in [0.15, 0.2) is 42.5 Å². The fourth-order valence-electron chi connectivity index (χ4n) is 5.51. The minimum atomic E-state index is -0.0834. The van der Waals surface area contributed by atoms with Crippen molar-refractivity contribution in [2.24, 2.45) is 5.92 Å². The number of hydrogen-bond donors (Lipinski definition) is 1. The van der Waals surface area contributed by atoms with Crippen LogP contribution in [-0.4, -0.2) is 19.8 Å². The summed E-state index contributed by atoms with van der Waals surface area (Å²) >= 11 is 0. The molecule has 0 aromatic heterocycles. The molecule has 0 saturated heterocycles. The standard InChI is InChI=1S/C27H31NO3/c1-16-15-27(2,3)28-19-12-11-18-23-20(13-14-21(29-4)26(23)30-5)31-25(24(18)22(16)19)17-9-7-6-8-10-17/h7,9,11-15,17,25,28H,6,8,10H2,1-5H3. The SMILES string of the molecule is COc1ccc2c(c1OC)-c1ccc3c(c1C(C1C=CCCC1)O2)C(C)=CC(C)(C)N3. The summed E-state index contributed by atoms with van der Waals surface area (Å²) in [5.74, 6) is 2.66. The van der Waals surface area contributed by atoms with Gasteiger partial charge in [-0.2, -0.15) is 0 Å². The van der Waals surface area contributed by atoms with Crippen molar-refractivity contribution in [3.05, 3.63) is 53.6 Å².